The topological polar surface area (TPSA) is 777 Å². The highest BCUT2D eigenvalue weighted by atomic mass is 32.1. The number of anilines is 5. The van der Waals surface area contributed by atoms with Crippen LogP contribution in [0.15, 0.2) is 38.4 Å². The summed E-state index contributed by atoms with van der Waals surface area (Å²) in [5.74, 6) is -2.97. The third kappa shape index (κ3) is 20.9. The van der Waals surface area contributed by atoms with Gasteiger partial charge in [0, 0.05) is 0 Å². The molecule has 8 saturated heterocycles. The first-order valence-corrected chi connectivity index (χ1v) is 45.8. The Bertz CT molecular complexity index is 6610. The molecule has 0 radical (unpaired) electrons. The van der Waals surface area contributed by atoms with E-state index < -0.39 is 201 Å². The van der Waals surface area contributed by atoms with Crippen LogP contribution in [0.1, 0.15) is 128 Å². The number of aliphatic hydroxyl groups is 6. The van der Waals surface area contributed by atoms with Crippen LogP contribution in [0.2, 0.25) is 0 Å². The van der Waals surface area contributed by atoms with Crippen molar-refractivity contribution in [1.29, 1.82) is 0 Å². The molecule has 61 heteroatoms. The van der Waals surface area contributed by atoms with Gasteiger partial charge in [-0.2, -0.15) is 34.9 Å². The van der Waals surface area contributed by atoms with Crippen molar-refractivity contribution >= 4 is 157 Å². The summed E-state index contributed by atoms with van der Waals surface area (Å²) in [6, 6.07) is 0. The molecule has 0 unspecified atom stereocenters. The minimum atomic E-state index is -1.48. The van der Waals surface area contributed by atoms with Crippen molar-refractivity contribution < 1.29 is 135 Å². The second-order valence-electron chi connectivity index (χ2n) is 33.0. The molecule has 20 atom stereocenters. The van der Waals surface area contributed by atoms with E-state index in [0.717, 1.165) is 54.5 Å². The number of nitrogens with zero attached hydrogens (tertiary/aromatic N) is 12. The molecule has 0 spiro atoms. The molecule has 56 nitrogen and oxygen atoms in total. The summed E-state index contributed by atoms with van der Waals surface area (Å²) in [6.07, 6.45) is -22.5. The number of aromatic amines is 3. The number of aliphatic hydroxyl groups excluding tert-OH is 6. The van der Waals surface area contributed by atoms with Gasteiger partial charge in [0.25, 0.3) is 16.7 Å². The van der Waals surface area contributed by atoms with Gasteiger partial charge in [-0.15, -0.1) is 0 Å². The van der Waals surface area contributed by atoms with E-state index in [1.54, 1.807) is 96.9 Å². The third-order valence-corrected chi connectivity index (χ3v) is 25.4. The van der Waals surface area contributed by atoms with Crippen LogP contribution in [0, 0.1) is 0 Å². The summed E-state index contributed by atoms with van der Waals surface area (Å²) in [4.78, 5) is 167. The normalized spacial score (nSPS) is 27.6. The predicted molar refractivity (Wildman–Crippen MR) is 473 cm³/mol. The van der Waals surface area contributed by atoms with E-state index in [9.17, 15) is 78.3 Å². The predicted octanol–water partition coefficient (Wildman–Crippen LogP) is -0.986. The van der Waals surface area contributed by atoms with Crippen LogP contribution in [-0.4, -0.2) is 295 Å². The standard InChI is InChI=1S/C19H26N4O8S.C17H22N4O8S.C16H22N4O8S.C13H16N4O6S.C10H12N4O6S/c1-6-26-14-12-13(21-16(20)22-14)23(17(24)32-12)15-11-10(30-19(4,5)31-11)9(29-15)7-27-18(25)28-8(2)3;1-6(2)26-16(24)25-5-7-8-9(29-17(3,4)28-8)13(27-7)21-11-10(30-15(21)23)12(22)20-14(18)19-11;1-4-25-12-10-11(18-14(17)19-12)20(15(23)29-10)13-9(22)8(21)7(28-13)5-26-16(24)27-6(2)3;1-13(2)22-5-4(3-18)21-10(6(5)23-13)17-8-7(24-12(17)20)9(19)16-11(14)15-8;11-9-12-6-5(7(18)13-9)21-10(19)14(6)8-4(17)3(16)2(1-15)20-8/h8-11,15H,6-7H2,1-5H3,(H2,20,21,22);6-9,13H,5H2,1-4H3,(H3,18,19,20,22);6-9,13,21-22H,4-5H2,1-3H3,(H2,17,18,19);4-6,10,18H,3H2,1-2H3,(H3,14,15,16,19);2-4,8,15-17H,1H2,(H3,11,12,13,18)/t9-,10-,11-,15-;2*7-,8-,9-,13-;4-,5-,6-,10-;2-,3-,4-,8-/m11111/s1. The Morgan fingerprint density at radius 2 is 0.625 bits per heavy atom. The second-order valence-corrected chi connectivity index (χ2v) is 37.8. The molecule has 0 amide bonds. The van der Waals surface area contributed by atoms with E-state index in [1.165, 1.54) is 13.7 Å². The van der Waals surface area contributed by atoms with Gasteiger partial charge in [-0.05, 0) is 96.9 Å². The zero-order valence-electron chi connectivity index (χ0n) is 74.5. The number of nitrogens with two attached hydrogens (primary N) is 5. The van der Waals surface area contributed by atoms with Crippen molar-refractivity contribution in [2.75, 3.05) is 74.9 Å². The highest BCUT2D eigenvalue weighted by Crippen LogP contribution is 2.48. The van der Waals surface area contributed by atoms with Gasteiger partial charge in [-0.1, -0.05) is 56.7 Å². The number of hydrogen-bond acceptors (Lipinski definition) is 53. The summed E-state index contributed by atoms with van der Waals surface area (Å²) < 4.78 is 112. The van der Waals surface area contributed by atoms with Gasteiger partial charge >= 0.3 is 42.8 Å². The van der Waals surface area contributed by atoms with Crippen LogP contribution in [-0.2, 0) is 80.5 Å². The smallest absolute Gasteiger partial charge is 0.477 e. The van der Waals surface area contributed by atoms with Crippen LogP contribution in [0.5, 0.6) is 11.8 Å². The largest absolute Gasteiger partial charge is 0.508 e. The maximum Gasteiger partial charge on any atom is 0.508 e. The van der Waals surface area contributed by atoms with Crippen LogP contribution in [0.4, 0.5) is 44.1 Å². The number of ether oxygens (including phenoxy) is 19. The van der Waals surface area contributed by atoms with Gasteiger partial charge in [-0.3, -0.25) is 76.1 Å². The summed E-state index contributed by atoms with van der Waals surface area (Å²) >= 11 is 3.81. The van der Waals surface area contributed by atoms with Crippen LogP contribution in [0.25, 0.3) is 51.7 Å². The molecular weight excluding hydrogens is 1920 g/mol. The number of rotatable bonds is 20. The molecule has 0 saturated carbocycles. The van der Waals surface area contributed by atoms with Gasteiger partial charge in [-0.25, -0.2) is 14.4 Å². The Hall–Kier alpha value is -11.0. The van der Waals surface area contributed by atoms with Gasteiger partial charge in [0.15, 0.2) is 76.7 Å². The molecule has 19 N–H and O–H groups in total. The Morgan fingerprint density at radius 3 is 0.926 bits per heavy atom. The molecule has 0 aliphatic carbocycles. The fourth-order valence-electron chi connectivity index (χ4n) is 15.6. The summed E-state index contributed by atoms with van der Waals surface area (Å²) in [7, 11) is 0. The molecule has 0 bridgehead atoms. The Labute approximate surface area is 781 Å². The molecule has 136 heavy (non-hydrogen) atoms. The number of thiazole rings is 5. The van der Waals surface area contributed by atoms with Crippen LogP contribution in [0.3, 0.4) is 0 Å². The Morgan fingerprint density at radius 1 is 0.368 bits per heavy atom. The van der Waals surface area contributed by atoms with Gasteiger partial charge in [0.05, 0.1) is 44.7 Å². The lowest BCUT2D eigenvalue weighted by atomic mass is 10.1. The molecule has 18 heterocycles. The first-order chi connectivity index (χ1) is 64.1. The highest BCUT2D eigenvalue weighted by molar-refractivity contribution is 7.17. The lowest BCUT2D eigenvalue weighted by Crippen LogP contribution is -2.35. The van der Waals surface area contributed by atoms with Crippen molar-refractivity contribution in [3.8, 4) is 11.8 Å². The van der Waals surface area contributed by atoms with Crippen molar-refractivity contribution in [2.45, 2.75) is 255 Å². The molecule has 8 aliphatic rings. The molecule has 8 aliphatic heterocycles. The van der Waals surface area contributed by atoms with Crippen molar-refractivity contribution in [2.24, 2.45) is 0 Å². The first kappa shape index (κ1) is 101. The van der Waals surface area contributed by atoms with Gasteiger partial charge < -0.3 is 149 Å². The second kappa shape index (κ2) is 40.2. The maximum atomic E-state index is 13.0. The van der Waals surface area contributed by atoms with E-state index in [1.807, 2.05) is 0 Å². The first-order valence-electron chi connectivity index (χ1n) is 41.8. The van der Waals surface area contributed by atoms with E-state index in [0.29, 0.717) is 34.0 Å². The molecular formula is C75H98N20O36S5. The number of fused-ring (bicyclic) bond motifs is 8. The van der Waals surface area contributed by atoms with Crippen LogP contribution < -0.4 is 79.2 Å². The molecule has 0 aromatic carbocycles. The monoisotopic (exact) mass is 2010 g/mol. The van der Waals surface area contributed by atoms with Gasteiger partial charge in [0.2, 0.25) is 41.5 Å². The van der Waals surface area contributed by atoms with E-state index in [4.69, 9.17) is 124 Å². The zero-order valence-corrected chi connectivity index (χ0v) is 78.5. The minimum Gasteiger partial charge on any atom is -0.477 e. The van der Waals surface area contributed by atoms with Crippen molar-refractivity contribution in [3.63, 3.8) is 0 Å². The lowest BCUT2D eigenvalue weighted by Gasteiger charge is -2.24. The minimum absolute atomic E-state index is 0.0342. The molecule has 8 fully saturated rings. The highest BCUT2D eigenvalue weighted by Gasteiger charge is 2.60. The fraction of sp³-hybridized carbons (Fsp3) is 0.627. The number of hydrogen-bond donors (Lipinski definition) is 14. The number of H-pyrrole nitrogens is 3. The lowest BCUT2D eigenvalue weighted by molar-refractivity contribution is -0.200. The number of carbonyl (C=O) groups excluding carboxylic acids is 3. The summed E-state index contributed by atoms with van der Waals surface area (Å²) in [5, 5.41) is 59.0. The Kier molecular flexibility index (Phi) is 29.8. The molecule has 744 valence electrons. The third-order valence-electron chi connectivity index (χ3n) is 20.7. The zero-order chi connectivity index (χ0) is 98.8. The number of carbonyl (C=O) groups is 3. The van der Waals surface area contributed by atoms with Gasteiger partial charge in [0.1, 0.15) is 135 Å². The maximum absolute atomic E-state index is 13.0. The molecule has 18 rings (SSSR count). The Balaban J connectivity index is 0.000000137. The number of aromatic nitrogens is 15. The molecule has 10 aromatic heterocycles. The van der Waals surface area contributed by atoms with Crippen LogP contribution >= 0.6 is 56.7 Å². The van der Waals surface area contributed by atoms with Crippen molar-refractivity contribution in [3.05, 3.63) is 79.4 Å². The fourth-order valence-corrected chi connectivity index (χ4v) is 19.9. The van der Waals surface area contributed by atoms with Crippen molar-refractivity contribution in [1.82, 2.24) is 72.7 Å². The van der Waals surface area contributed by atoms with E-state index in [2.05, 4.69) is 49.8 Å². The summed E-state index contributed by atoms with van der Waals surface area (Å²) in [6.45, 7) is 23.3. The number of nitrogen functional groups attached to an aromatic ring is 5. The SMILES string of the molecule is CC(C)OC(=O)OC[C@H]1O[C@@H](n2c(=O)sc3c(=O)[nH]c(N)nc32)[C@@H]2OC(C)(C)O[C@@H]21.CC1(C)O[C@@H]2[C@H](O1)[C@@H](CO)O[C@H]2n1c(=O)sc2c(=O)[nH]c(N)nc21.CCOc1nc(N)nc2c1sc(=O)n2[C@@H]1O[C@H](COC(=O)OC(C)C)[C@@H](O)[C@H]1O.CCOc1nc(N)nc2c1sc(=O)n2[C@@H]1O[C@H](COC(=O)OC(C)C)[C@H]2OC(C)(C)O[C@H]21.Nc1nc2c(sc(=O)n2[C@@H]2O[C@H](CO)[C@@H](O)[C@H]2O)c(=O)[nH]1. The van der Waals surface area contributed by atoms with E-state index in [-0.39, 0.29) is 133 Å². The number of nitrogens with one attached hydrogen (secondary N) is 3. The molecule has 10 aromatic rings. The average molecular weight is 2020 g/mol. The van der Waals surface area contributed by atoms with E-state index >= 15 is 0 Å². The average Bonchev–Trinajstić information content (AvgIpc) is 1.59. The summed E-state index contributed by atoms with van der Waals surface area (Å²) in [5.41, 5.74) is 27.2. The quantitative estimate of drug-likeness (QED) is 0.0322.